The van der Waals surface area contributed by atoms with E-state index >= 15 is 4.39 Å². The first-order chi connectivity index (χ1) is 17.9. The summed E-state index contributed by atoms with van der Waals surface area (Å²) in [6.45, 7) is 2.32. The SMILES string of the molecule is CC[C@H](Nc1cc(F)c(SN(Cc2ccc(OC)cc2OC)c2nccs2)cc1Cl)c1ccccc1F. The van der Waals surface area contributed by atoms with Crippen LogP contribution >= 0.6 is 34.9 Å². The molecule has 0 aliphatic carbocycles. The van der Waals surface area contributed by atoms with Crippen LogP contribution in [0.3, 0.4) is 0 Å². The van der Waals surface area contributed by atoms with Gasteiger partial charge in [0.25, 0.3) is 0 Å². The fourth-order valence-corrected chi connectivity index (χ4v) is 5.74. The van der Waals surface area contributed by atoms with Gasteiger partial charge in [-0.15, -0.1) is 11.3 Å². The highest BCUT2D eigenvalue weighted by molar-refractivity contribution is 8.00. The topological polar surface area (TPSA) is 46.6 Å². The van der Waals surface area contributed by atoms with Crippen molar-refractivity contribution in [1.29, 1.82) is 0 Å². The van der Waals surface area contributed by atoms with Crippen molar-refractivity contribution in [2.24, 2.45) is 0 Å². The number of anilines is 2. The smallest absolute Gasteiger partial charge is 0.195 e. The lowest BCUT2D eigenvalue weighted by Gasteiger charge is -2.23. The van der Waals surface area contributed by atoms with E-state index in [2.05, 4.69) is 10.3 Å². The molecule has 0 spiro atoms. The molecular weight excluding hydrogens is 536 g/mol. The average Bonchev–Trinajstić information content (AvgIpc) is 3.45. The Balaban J connectivity index is 1.60. The van der Waals surface area contributed by atoms with Crippen molar-refractivity contribution in [1.82, 2.24) is 4.98 Å². The average molecular weight is 562 g/mol. The molecule has 0 aliphatic rings. The summed E-state index contributed by atoms with van der Waals surface area (Å²) in [5, 5.41) is 6.09. The van der Waals surface area contributed by atoms with Crippen LogP contribution in [0.25, 0.3) is 0 Å². The lowest BCUT2D eigenvalue weighted by molar-refractivity contribution is 0.391. The summed E-state index contributed by atoms with van der Waals surface area (Å²) in [4.78, 5) is 4.75. The van der Waals surface area contributed by atoms with Crippen molar-refractivity contribution in [2.45, 2.75) is 30.8 Å². The van der Waals surface area contributed by atoms with Gasteiger partial charge in [-0.2, -0.15) is 0 Å². The number of hydrogen-bond donors (Lipinski definition) is 1. The predicted molar refractivity (Wildman–Crippen MR) is 148 cm³/mol. The van der Waals surface area contributed by atoms with Gasteiger partial charge < -0.3 is 14.8 Å². The molecule has 0 bridgehead atoms. The highest BCUT2D eigenvalue weighted by Crippen LogP contribution is 2.39. The number of hydrogen-bond acceptors (Lipinski definition) is 7. The number of rotatable bonds is 11. The number of halogens is 3. The van der Waals surface area contributed by atoms with Crippen LogP contribution in [-0.2, 0) is 6.54 Å². The molecule has 4 rings (SSSR count). The molecule has 10 heteroatoms. The Morgan fingerprint density at radius 1 is 1.08 bits per heavy atom. The molecule has 0 radical (unpaired) electrons. The van der Waals surface area contributed by atoms with Gasteiger partial charge in [-0.05, 0) is 48.7 Å². The molecule has 1 atom stereocenters. The summed E-state index contributed by atoms with van der Waals surface area (Å²) in [7, 11) is 3.19. The van der Waals surface area contributed by atoms with E-state index in [-0.39, 0.29) is 11.9 Å². The van der Waals surface area contributed by atoms with Gasteiger partial charge in [0.05, 0.1) is 42.4 Å². The van der Waals surface area contributed by atoms with Crippen LogP contribution in [0.1, 0.15) is 30.5 Å². The van der Waals surface area contributed by atoms with Gasteiger partial charge in [0.15, 0.2) is 5.13 Å². The van der Waals surface area contributed by atoms with E-state index in [1.54, 1.807) is 50.7 Å². The Labute approximate surface area is 228 Å². The minimum Gasteiger partial charge on any atom is -0.497 e. The first-order valence-corrected chi connectivity index (χ1v) is 13.5. The van der Waals surface area contributed by atoms with E-state index < -0.39 is 5.82 Å². The van der Waals surface area contributed by atoms with Gasteiger partial charge in [-0.25, -0.2) is 13.8 Å². The molecule has 1 N–H and O–H groups in total. The predicted octanol–water partition coefficient (Wildman–Crippen LogP) is 8.37. The third-order valence-electron chi connectivity index (χ3n) is 5.69. The Kier molecular flexibility index (Phi) is 9.13. The van der Waals surface area contributed by atoms with Crippen molar-refractivity contribution in [3.63, 3.8) is 0 Å². The number of nitrogens with zero attached hydrogens (tertiary/aromatic N) is 2. The number of ether oxygens (including phenoxy) is 2. The van der Waals surface area contributed by atoms with E-state index in [1.807, 2.05) is 28.7 Å². The van der Waals surface area contributed by atoms with Crippen LogP contribution in [0.15, 0.2) is 71.1 Å². The maximum atomic E-state index is 15.4. The minimum atomic E-state index is -0.455. The molecule has 194 valence electrons. The normalized spacial score (nSPS) is 11.7. The van der Waals surface area contributed by atoms with Crippen LogP contribution in [0.2, 0.25) is 5.02 Å². The molecule has 37 heavy (non-hydrogen) atoms. The first kappa shape index (κ1) is 27.0. The summed E-state index contributed by atoms with van der Waals surface area (Å²) in [6, 6.07) is 14.7. The van der Waals surface area contributed by atoms with Gasteiger partial charge in [0, 0.05) is 28.8 Å². The van der Waals surface area contributed by atoms with Crippen LogP contribution in [-0.4, -0.2) is 19.2 Å². The van der Waals surface area contributed by atoms with Crippen molar-refractivity contribution in [2.75, 3.05) is 23.8 Å². The molecule has 1 aromatic heterocycles. The van der Waals surface area contributed by atoms with Crippen molar-refractivity contribution < 1.29 is 18.3 Å². The first-order valence-electron chi connectivity index (χ1n) is 11.5. The summed E-state index contributed by atoms with van der Waals surface area (Å²) in [6.07, 6.45) is 2.29. The van der Waals surface area contributed by atoms with Gasteiger partial charge in [-0.3, -0.25) is 4.31 Å². The number of benzene rings is 3. The number of nitrogens with one attached hydrogen (secondary N) is 1. The third kappa shape index (κ3) is 6.47. The molecule has 4 aromatic rings. The molecule has 0 saturated heterocycles. The Morgan fingerprint density at radius 3 is 2.57 bits per heavy atom. The van der Waals surface area contributed by atoms with Crippen LogP contribution < -0.4 is 19.1 Å². The zero-order chi connectivity index (χ0) is 26.4. The second-order valence-corrected chi connectivity index (χ2v) is 10.4. The fourth-order valence-electron chi connectivity index (χ4n) is 3.79. The Morgan fingerprint density at radius 2 is 1.89 bits per heavy atom. The zero-order valence-corrected chi connectivity index (χ0v) is 22.9. The summed E-state index contributed by atoms with van der Waals surface area (Å²) in [5.74, 6) is 0.552. The number of aromatic nitrogens is 1. The molecule has 3 aromatic carbocycles. The second kappa shape index (κ2) is 12.5. The van der Waals surface area contributed by atoms with Gasteiger partial charge in [0.1, 0.15) is 23.1 Å². The summed E-state index contributed by atoms with van der Waals surface area (Å²) >= 11 is 9.21. The summed E-state index contributed by atoms with van der Waals surface area (Å²) < 4.78 is 42.4. The molecule has 0 amide bonds. The minimum absolute atomic E-state index is 0.321. The highest BCUT2D eigenvalue weighted by atomic mass is 35.5. The van der Waals surface area contributed by atoms with Crippen LogP contribution in [0, 0.1) is 11.6 Å². The van der Waals surface area contributed by atoms with E-state index in [1.165, 1.54) is 35.4 Å². The quantitative estimate of drug-likeness (QED) is 0.186. The fraction of sp³-hybridized carbons (Fsp3) is 0.222. The standard InChI is InChI=1S/C27H26ClF2N3O2S2/c1-4-23(19-7-5-6-8-21(19)29)32-24-15-22(30)26(14-20(24)28)37-33(27-31-11-12-36-27)16-17-9-10-18(34-2)13-25(17)35-3/h5-15,23,32H,4,16H2,1-3H3/t23-/m0/s1. The Hall–Kier alpha value is -3.01. The molecule has 0 saturated carbocycles. The molecule has 5 nitrogen and oxygen atoms in total. The largest absolute Gasteiger partial charge is 0.497 e. The summed E-state index contributed by atoms with van der Waals surface area (Å²) in [5.41, 5.74) is 1.78. The van der Waals surface area contributed by atoms with E-state index in [4.69, 9.17) is 21.1 Å². The number of methoxy groups -OCH3 is 2. The maximum Gasteiger partial charge on any atom is 0.195 e. The molecule has 1 heterocycles. The third-order valence-corrected chi connectivity index (χ3v) is 7.94. The highest BCUT2D eigenvalue weighted by Gasteiger charge is 2.20. The zero-order valence-electron chi connectivity index (χ0n) is 20.5. The maximum absolute atomic E-state index is 15.4. The lowest BCUT2D eigenvalue weighted by atomic mass is 10.0. The Bertz CT molecular complexity index is 1340. The van der Waals surface area contributed by atoms with E-state index in [9.17, 15) is 4.39 Å². The van der Waals surface area contributed by atoms with E-state index in [0.29, 0.717) is 50.8 Å². The van der Waals surface area contributed by atoms with Crippen molar-refractivity contribution in [3.8, 4) is 11.5 Å². The van der Waals surface area contributed by atoms with Gasteiger partial charge in [-0.1, -0.05) is 36.7 Å². The van der Waals surface area contributed by atoms with Crippen LogP contribution in [0.5, 0.6) is 11.5 Å². The number of thiazole rings is 1. The molecular formula is C27H26ClF2N3O2S2. The second-order valence-electron chi connectivity index (χ2n) is 8.01. The molecule has 0 aliphatic heterocycles. The molecule has 0 unspecified atom stereocenters. The van der Waals surface area contributed by atoms with Crippen molar-refractivity contribution >= 4 is 45.7 Å². The van der Waals surface area contributed by atoms with E-state index in [0.717, 1.165) is 5.56 Å². The monoisotopic (exact) mass is 561 g/mol. The van der Waals surface area contributed by atoms with Gasteiger partial charge in [0.2, 0.25) is 0 Å². The lowest BCUT2D eigenvalue weighted by Crippen LogP contribution is -2.15. The van der Waals surface area contributed by atoms with Crippen molar-refractivity contribution in [3.05, 3.63) is 94.0 Å². The van der Waals surface area contributed by atoms with Gasteiger partial charge >= 0.3 is 0 Å². The van der Waals surface area contributed by atoms with Crippen LogP contribution in [0.4, 0.5) is 19.6 Å². The molecule has 0 fully saturated rings.